The van der Waals surface area contributed by atoms with Gasteiger partial charge in [0.1, 0.15) is 5.78 Å². The molecule has 0 aliphatic heterocycles. The van der Waals surface area contributed by atoms with Gasteiger partial charge in [-0.15, -0.1) is 0 Å². The summed E-state index contributed by atoms with van der Waals surface area (Å²) in [5.74, 6) is 1.72. The third-order valence-corrected chi connectivity index (χ3v) is 3.48. The quantitative estimate of drug-likeness (QED) is 0.628. The zero-order valence-electron chi connectivity index (χ0n) is 9.72. The van der Waals surface area contributed by atoms with Crippen molar-refractivity contribution in [1.82, 2.24) is 0 Å². The number of carbonyl (C=O) groups excluding carboxylic acids is 1. The second-order valence-electron chi connectivity index (χ2n) is 4.88. The first kappa shape index (κ1) is 11.7. The maximum atomic E-state index is 11.8. The molecule has 82 valence electrons. The van der Waals surface area contributed by atoms with Gasteiger partial charge in [0.2, 0.25) is 0 Å². The summed E-state index contributed by atoms with van der Waals surface area (Å²) in [5.41, 5.74) is 0. The average molecular weight is 196 g/mol. The predicted octanol–water partition coefficient (Wildman–Crippen LogP) is 3.96. The summed E-state index contributed by atoms with van der Waals surface area (Å²) in [6, 6.07) is 0. The Morgan fingerprint density at radius 3 is 2.50 bits per heavy atom. The van der Waals surface area contributed by atoms with Crippen molar-refractivity contribution in [2.75, 3.05) is 0 Å². The van der Waals surface area contributed by atoms with Crippen molar-refractivity contribution >= 4 is 5.78 Å². The van der Waals surface area contributed by atoms with Gasteiger partial charge in [-0.3, -0.25) is 4.79 Å². The summed E-state index contributed by atoms with van der Waals surface area (Å²) in [4.78, 5) is 11.8. The molecule has 0 N–H and O–H groups in total. The zero-order valence-corrected chi connectivity index (χ0v) is 9.72. The second-order valence-corrected chi connectivity index (χ2v) is 4.88. The van der Waals surface area contributed by atoms with Crippen molar-refractivity contribution in [3.63, 3.8) is 0 Å². The fourth-order valence-corrected chi connectivity index (χ4v) is 2.48. The van der Waals surface area contributed by atoms with Crippen LogP contribution in [0.15, 0.2) is 0 Å². The van der Waals surface area contributed by atoms with Gasteiger partial charge in [-0.25, -0.2) is 0 Å². The van der Waals surface area contributed by atoms with Crippen LogP contribution in [0.2, 0.25) is 0 Å². The lowest BCUT2D eigenvalue weighted by Crippen LogP contribution is -2.11. The van der Waals surface area contributed by atoms with E-state index in [4.69, 9.17) is 0 Å². The molecule has 1 saturated carbocycles. The molecule has 0 aromatic rings. The van der Waals surface area contributed by atoms with Crippen molar-refractivity contribution in [3.8, 4) is 0 Å². The lowest BCUT2D eigenvalue weighted by molar-refractivity contribution is -0.122. The highest BCUT2D eigenvalue weighted by molar-refractivity contribution is 5.81. The maximum Gasteiger partial charge on any atom is 0.135 e. The van der Waals surface area contributed by atoms with Crippen LogP contribution < -0.4 is 0 Å². The van der Waals surface area contributed by atoms with E-state index in [0.717, 1.165) is 18.8 Å². The van der Waals surface area contributed by atoms with Crippen LogP contribution in [-0.4, -0.2) is 5.78 Å². The first-order valence-corrected chi connectivity index (χ1v) is 6.26. The molecule has 1 unspecified atom stereocenters. The van der Waals surface area contributed by atoms with Gasteiger partial charge in [0.15, 0.2) is 0 Å². The van der Waals surface area contributed by atoms with E-state index in [1.165, 1.54) is 38.5 Å². The number of rotatable bonds is 6. The predicted molar refractivity (Wildman–Crippen MR) is 60.3 cm³/mol. The summed E-state index contributed by atoms with van der Waals surface area (Å²) in [5, 5.41) is 0. The Kier molecular flexibility index (Phi) is 5.21. The summed E-state index contributed by atoms with van der Waals surface area (Å²) >= 11 is 0. The van der Waals surface area contributed by atoms with Gasteiger partial charge in [0.25, 0.3) is 0 Å². The third kappa shape index (κ3) is 3.81. The number of carbonyl (C=O) groups is 1. The first-order valence-electron chi connectivity index (χ1n) is 6.26. The Morgan fingerprint density at radius 2 is 1.93 bits per heavy atom. The van der Waals surface area contributed by atoms with Gasteiger partial charge in [0.05, 0.1) is 0 Å². The summed E-state index contributed by atoms with van der Waals surface area (Å²) in [6.07, 6.45) is 9.37. The van der Waals surface area contributed by atoms with Gasteiger partial charge in [0, 0.05) is 12.3 Å². The SMILES string of the molecule is CCCC(C)CCC(=O)C1CCCC1. The molecule has 1 atom stereocenters. The molecular formula is C13H24O. The van der Waals surface area contributed by atoms with E-state index in [2.05, 4.69) is 13.8 Å². The summed E-state index contributed by atoms with van der Waals surface area (Å²) in [7, 11) is 0. The minimum absolute atomic E-state index is 0.434. The van der Waals surface area contributed by atoms with Gasteiger partial charge in [-0.2, -0.15) is 0 Å². The standard InChI is InChI=1S/C13H24O/c1-3-6-11(2)9-10-13(14)12-7-4-5-8-12/h11-12H,3-10H2,1-2H3. The fourth-order valence-electron chi connectivity index (χ4n) is 2.48. The second kappa shape index (κ2) is 6.21. The molecule has 0 saturated heterocycles. The number of hydrogen-bond acceptors (Lipinski definition) is 1. The van der Waals surface area contributed by atoms with Crippen LogP contribution in [0.25, 0.3) is 0 Å². The van der Waals surface area contributed by atoms with Crippen LogP contribution in [0.3, 0.4) is 0 Å². The molecule has 1 heteroatoms. The van der Waals surface area contributed by atoms with E-state index in [1.807, 2.05) is 0 Å². The van der Waals surface area contributed by atoms with Gasteiger partial charge < -0.3 is 0 Å². The highest BCUT2D eigenvalue weighted by Crippen LogP contribution is 2.27. The molecule has 1 aliphatic carbocycles. The normalized spacial score (nSPS) is 19.9. The minimum atomic E-state index is 0.434. The van der Waals surface area contributed by atoms with Crippen LogP contribution in [-0.2, 0) is 4.79 Å². The highest BCUT2D eigenvalue weighted by Gasteiger charge is 2.22. The number of ketones is 1. The Morgan fingerprint density at radius 1 is 1.29 bits per heavy atom. The Labute approximate surface area is 88.3 Å². The molecule has 0 spiro atoms. The molecule has 14 heavy (non-hydrogen) atoms. The van der Waals surface area contributed by atoms with Crippen molar-refractivity contribution < 1.29 is 4.79 Å². The smallest absolute Gasteiger partial charge is 0.135 e. The minimum Gasteiger partial charge on any atom is -0.299 e. The molecule has 1 fully saturated rings. The van der Waals surface area contributed by atoms with Crippen LogP contribution in [0.1, 0.15) is 65.2 Å². The summed E-state index contributed by atoms with van der Waals surface area (Å²) < 4.78 is 0. The molecule has 0 heterocycles. The number of hydrogen-bond donors (Lipinski definition) is 0. The van der Waals surface area contributed by atoms with E-state index < -0.39 is 0 Å². The van der Waals surface area contributed by atoms with E-state index in [-0.39, 0.29) is 0 Å². The Bertz CT molecular complexity index is 168. The maximum absolute atomic E-state index is 11.8. The first-order chi connectivity index (χ1) is 6.74. The molecule has 1 rings (SSSR count). The monoisotopic (exact) mass is 196 g/mol. The van der Waals surface area contributed by atoms with E-state index >= 15 is 0 Å². The van der Waals surface area contributed by atoms with Gasteiger partial charge >= 0.3 is 0 Å². The van der Waals surface area contributed by atoms with Crippen LogP contribution in [0.5, 0.6) is 0 Å². The Balaban J connectivity index is 2.13. The lowest BCUT2D eigenvalue weighted by atomic mass is 9.93. The van der Waals surface area contributed by atoms with Crippen LogP contribution in [0, 0.1) is 11.8 Å². The van der Waals surface area contributed by atoms with Crippen LogP contribution >= 0.6 is 0 Å². The lowest BCUT2D eigenvalue weighted by Gasteiger charge is -2.11. The van der Waals surface area contributed by atoms with E-state index in [0.29, 0.717) is 11.7 Å². The topological polar surface area (TPSA) is 17.1 Å². The molecular weight excluding hydrogens is 172 g/mol. The largest absolute Gasteiger partial charge is 0.299 e. The van der Waals surface area contributed by atoms with Gasteiger partial charge in [-0.05, 0) is 25.2 Å². The molecule has 0 bridgehead atoms. The third-order valence-electron chi connectivity index (χ3n) is 3.48. The molecule has 0 aromatic heterocycles. The van der Waals surface area contributed by atoms with E-state index in [9.17, 15) is 4.79 Å². The molecule has 0 amide bonds. The fraction of sp³-hybridized carbons (Fsp3) is 0.923. The van der Waals surface area contributed by atoms with Crippen molar-refractivity contribution in [3.05, 3.63) is 0 Å². The average Bonchev–Trinajstić information content (AvgIpc) is 2.67. The highest BCUT2D eigenvalue weighted by atomic mass is 16.1. The van der Waals surface area contributed by atoms with Crippen molar-refractivity contribution in [1.29, 1.82) is 0 Å². The molecule has 1 nitrogen and oxygen atoms in total. The van der Waals surface area contributed by atoms with Crippen molar-refractivity contribution in [2.45, 2.75) is 65.2 Å². The van der Waals surface area contributed by atoms with Gasteiger partial charge in [-0.1, -0.05) is 39.5 Å². The zero-order chi connectivity index (χ0) is 10.4. The molecule has 0 aromatic carbocycles. The molecule has 1 aliphatic rings. The molecule has 0 radical (unpaired) electrons. The van der Waals surface area contributed by atoms with Crippen LogP contribution in [0.4, 0.5) is 0 Å². The van der Waals surface area contributed by atoms with E-state index in [1.54, 1.807) is 0 Å². The Hall–Kier alpha value is -0.330. The van der Waals surface area contributed by atoms with Crippen molar-refractivity contribution in [2.24, 2.45) is 11.8 Å². The summed E-state index contributed by atoms with van der Waals surface area (Å²) in [6.45, 7) is 4.49. The number of Topliss-reactive ketones (excluding diaryl/α,β-unsaturated/α-hetero) is 1.